The Labute approximate surface area is 102 Å². The maximum atomic E-state index is 12.0. The molecule has 0 heterocycles. The maximum absolute atomic E-state index is 12.0. The van der Waals surface area contributed by atoms with E-state index in [-0.39, 0.29) is 12.2 Å². The average molecular weight is 262 g/mol. The van der Waals surface area contributed by atoms with Gasteiger partial charge in [-0.2, -0.15) is 13.2 Å². The third kappa shape index (κ3) is 4.33. The fourth-order valence-electron chi connectivity index (χ4n) is 1.56. The Kier molecular flexibility index (Phi) is 4.66. The van der Waals surface area contributed by atoms with Gasteiger partial charge in [0.2, 0.25) is 0 Å². The van der Waals surface area contributed by atoms with Crippen LogP contribution in [0.1, 0.15) is 24.9 Å². The second-order valence-electron chi connectivity index (χ2n) is 3.86. The molecule has 0 aliphatic carbocycles. The van der Waals surface area contributed by atoms with E-state index in [1.165, 1.54) is 18.2 Å². The molecule has 18 heavy (non-hydrogen) atoms. The maximum Gasteiger partial charge on any atom is 0.390 e. The van der Waals surface area contributed by atoms with Crippen LogP contribution in [-0.4, -0.2) is 17.6 Å². The Morgan fingerprint density at radius 1 is 1.39 bits per heavy atom. The van der Waals surface area contributed by atoms with E-state index in [0.717, 1.165) is 0 Å². The van der Waals surface area contributed by atoms with Crippen molar-refractivity contribution in [3.63, 3.8) is 0 Å². The van der Waals surface area contributed by atoms with Gasteiger partial charge in [-0.3, -0.25) is 10.1 Å². The first-order valence-corrected chi connectivity index (χ1v) is 5.34. The summed E-state index contributed by atoms with van der Waals surface area (Å²) in [5.41, 5.74) is 0.286. The number of hydrogen-bond acceptors (Lipinski definition) is 3. The zero-order chi connectivity index (χ0) is 13.8. The largest absolute Gasteiger partial charge is 0.390 e. The molecule has 0 aliphatic rings. The van der Waals surface area contributed by atoms with Gasteiger partial charge in [0.15, 0.2) is 0 Å². The summed E-state index contributed by atoms with van der Waals surface area (Å²) in [6, 6.07) is 5.49. The predicted molar refractivity (Wildman–Crippen MR) is 60.2 cm³/mol. The number of nitrogens with zero attached hydrogens (tertiary/aromatic N) is 1. The number of nitrogens with one attached hydrogen (secondary N) is 1. The molecular weight excluding hydrogens is 249 g/mol. The SMILES string of the molecule is CC(NCCC(F)(F)F)c1ccccc1[N+](=O)[O-]. The van der Waals surface area contributed by atoms with Gasteiger partial charge in [-0.25, -0.2) is 0 Å². The molecule has 1 aromatic rings. The Hall–Kier alpha value is -1.63. The Bertz CT molecular complexity index is 421. The molecule has 0 spiro atoms. The van der Waals surface area contributed by atoms with Crippen LogP contribution in [0.4, 0.5) is 18.9 Å². The normalized spacial score (nSPS) is 13.3. The molecule has 4 nitrogen and oxygen atoms in total. The number of alkyl halides is 3. The molecule has 0 aromatic heterocycles. The Morgan fingerprint density at radius 2 is 2.00 bits per heavy atom. The number of nitro benzene ring substituents is 1. The van der Waals surface area contributed by atoms with E-state index in [0.29, 0.717) is 5.56 Å². The molecule has 1 unspecified atom stereocenters. The lowest BCUT2D eigenvalue weighted by molar-refractivity contribution is -0.385. The second kappa shape index (κ2) is 5.81. The van der Waals surface area contributed by atoms with Crippen molar-refractivity contribution >= 4 is 5.69 Å². The van der Waals surface area contributed by atoms with Crippen LogP contribution >= 0.6 is 0 Å². The van der Waals surface area contributed by atoms with Gasteiger partial charge in [0.25, 0.3) is 5.69 Å². The first-order chi connectivity index (χ1) is 8.31. The fraction of sp³-hybridized carbons (Fsp3) is 0.455. The van der Waals surface area contributed by atoms with Gasteiger partial charge < -0.3 is 5.32 Å². The molecule has 0 aliphatic heterocycles. The van der Waals surface area contributed by atoms with Gasteiger partial charge >= 0.3 is 6.18 Å². The highest BCUT2D eigenvalue weighted by molar-refractivity contribution is 5.41. The molecular formula is C11H13F3N2O2. The van der Waals surface area contributed by atoms with Crippen molar-refractivity contribution in [2.45, 2.75) is 25.6 Å². The summed E-state index contributed by atoms with van der Waals surface area (Å²) in [5.74, 6) is 0. The molecule has 0 fully saturated rings. The summed E-state index contributed by atoms with van der Waals surface area (Å²) in [6.45, 7) is 1.33. The minimum atomic E-state index is -4.23. The van der Waals surface area contributed by atoms with Crippen molar-refractivity contribution in [2.24, 2.45) is 0 Å². The van der Waals surface area contributed by atoms with Crippen molar-refractivity contribution < 1.29 is 18.1 Å². The number of halogens is 3. The highest BCUT2D eigenvalue weighted by Gasteiger charge is 2.27. The average Bonchev–Trinajstić information content (AvgIpc) is 2.27. The van der Waals surface area contributed by atoms with Crippen LogP contribution in [0.3, 0.4) is 0 Å². The summed E-state index contributed by atoms with van der Waals surface area (Å²) >= 11 is 0. The van der Waals surface area contributed by atoms with E-state index in [2.05, 4.69) is 5.32 Å². The highest BCUT2D eigenvalue weighted by Crippen LogP contribution is 2.25. The zero-order valence-corrected chi connectivity index (χ0v) is 9.70. The van der Waals surface area contributed by atoms with Crippen LogP contribution in [-0.2, 0) is 0 Å². The van der Waals surface area contributed by atoms with Gasteiger partial charge in [0.1, 0.15) is 0 Å². The summed E-state index contributed by atoms with van der Waals surface area (Å²) < 4.78 is 35.9. The standard InChI is InChI=1S/C11H13F3N2O2/c1-8(15-7-6-11(12,13)14)9-4-2-3-5-10(9)16(17)18/h2-5,8,15H,6-7H2,1H3. The van der Waals surface area contributed by atoms with Crippen molar-refractivity contribution in [3.8, 4) is 0 Å². The summed E-state index contributed by atoms with van der Waals surface area (Å²) in [7, 11) is 0. The predicted octanol–water partition coefficient (Wildman–Crippen LogP) is 3.20. The number of nitro groups is 1. The summed E-state index contributed by atoms with van der Waals surface area (Å²) in [6.07, 6.45) is -5.19. The first kappa shape index (κ1) is 14.4. The van der Waals surface area contributed by atoms with Crippen LogP contribution in [0.2, 0.25) is 0 Å². The van der Waals surface area contributed by atoms with E-state index in [1.807, 2.05) is 0 Å². The van der Waals surface area contributed by atoms with Crippen LogP contribution in [0.15, 0.2) is 24.3 Å². The first-order valence-electron chi connectivity index (χ1n) is 5.34. The number of rotatable bonds is 5. The molecule has 0 amide bonds. The lowest BCUT2D eigenvalue weighted by Crippen LogP contribution is -2.24. The molecule has 1 rings (SSSR count). The van der Waals surface area contributed by atoms with E-state index in [9.17, 15) is 23.3 Å². The molecule has 1 N–H and O–H groups in total. The van der Waals surface area contributed by atoms with Crippen LogP contribution in [0.25, 0.3) is 0 Å². The third-order valence-electron chi connectivity index (χ3n) is 2.46. The van der Waals surface area contributed by atoms with Crippen molar-refractivity contribution in [3.05, 3.63) is 39.9 Å². The van der Waals surface area contributed by atoms with Crippen molar-refractivity contribution in [1.29, 1.82) is 0 Å². The number of hydrogen-bond donors (Lipinski definition) is 1. The highest BCUT2D eigenvalue weighted by atomic mass is 19.4. The second-order valence-corrected chi connectivity index (χ2v) is 3.86. The molecule has 0 radical (unpaired) electrons. The molecule has 0 bridgehead atoms. The lowest BCUT2D eigenvalue weighted by Gasteiger charge is -2.15. The van der Waals surface area contributed by atoms with Gasteiger partial charge in [0.05, 0.1) is 11.3 Å². The van der Waals surface area contributed by atoms with Crippen LogP contribution in [0.5, 0.6) is 0 Å². The fourth-order valence-corrected chi connectivity index (χ4v) is 1.56. The third-order valence-corrected chi connectivity index (χ3v) is 2.46. The molecule has 0 saturated carbocycles. The van der Waals surface area contributed by atoms with E-state index < -0.39 is 23.6 Å². The molecule has 1 aromatic carbocycles. The monoisotopic (exact) mass is 262 g/mol. The molecule has 7 heteroatoms. The topological polar surface area (TPSA) is 55.2 Å². The van der Waals surface area contributed by atoms with Gasteiger partial charge in [-0.05, 0) is 6.92 Å². The van der Waals surface area contributed by atoms with Crippen LogP contribution < -0.4 is 5.32 Å². The smallest absolute Gasteiger partial charge is 0.310 e. The number of benzene rings is 1. The summed E-state index contributed by atoms with van der Waals surface area (Å²) in [5, 5.41) is 13.4. The van der Waals surface area contributed by atoms with E-state index in [4.69, 9.17) is 0 Å². The molecule has 0 saturated heterocycles. The van der Waals surface area contributed by atoms with Gasteiger partial charge in [0, 0.05) is 24.2 Å². The Balaban J connectivity index is 2.67. The summed E-state index contributed by atoms with van der Waals surface area (Å²) in [4.78, 5) is 10.2. The van der Waals surface area contributed by atoms with E-state index >= 15 is 0 Å². The number of para-hydroxylation sites is 1. The van der Waals surface area contributed by atoms with Crippen LogP contribution in [0, 0.1) is 10.1 Å². The van der Waals surface area contributed by atoms with Crippen molar-refractivity contribution in [2.75, 3.05) is 6.54 Å². The zero-order valence-electron chi connectivity index (χ0n) is 9.70. The minimum absolute atomic E-state index is 0.0930. The van der Waals surface area contributed by atoms with E-state index in [1.54, 1.807) is 13.0 Å². The molecule has 100 valence electrons. The lowest BCUT2D eigenvalue weighted by atomic mass is 10.1. The molecule has 1 atom stereocenters. The Morgan fingerprint density at radius 3 is 2.56 bits per heavy atom. The van der Waals surface area contributed by atoms with Gasteiger partial charge in [-0.1, -0.05) is 18.2 Å². The quantitative estimate of drug-likeness (QED) is 0.654. The van der Waals surface area contributed by atoms with Crippen molar-refractivity contribution in [1.82, 2.24) is 5.32 Å². The minimum Gasteiger partial charge on any atom is -0.310 e. The van der Waals surface area contributed by atoms with Gasteiger partial charge in [-0.15, -0.1) is 0 Å².